The molecule has 1 amide bonds. The van der Waals surface area contributed by atoms with Gasteiger partial charge in [0.1, 0.15) is 23.5 Å². The second-order valence-corrected chi connectivity index (χ2v) is 4.67. The van der Waals surface area contributed by atoms with E-state index in [1.54, 1.807) is 19.9 Å². The van der Waals surface area contributed by atoms with Crippen LogP contribution < -0.4 is 5.32 Å². The Hall–Kier alpha value is -1.50. The smallest absolute Gasteiger partial charge is 0.397 e. The van der Waals surface area contributed by atoms with Gasteiger partial charge in [0.2, 0.25) is 5.91 Å². The minimum atomic E-state index is -4.56. The van der Waals surface area contributed by atoms with Crippen molar-refractivity contribution in [3.63, 3.8) is 0 Å². The molecule has 1 aromatic rings. The molecular formula is C12H16F3NO3. The molecule has 0 aliphatic carbocycles. The summed E-state index contributed by atoms with van der Waals surface area (Å²) in [7, 11) is 0. The highest BCUT2D eigenvalue weighted by Crippen LogP contribution is 2.26. The molecule has 0 fully saturated rings. The zero-order valence-corrected chi connectivity index (χ0v) is 10.9. The molecule has 1 aromatic heterocycles. The van der Waals surface area contributed by atoms with Crippen LogP contribution in [-0.2, 0) is 10.4 Å². The Balaban J connectivity index is 2.66. The number of carbonyl (C=O) groups excluding carboxylic acids is 1. The molecule has 0 aromatic carbocycles. The zero-order chi connectivity index (χ0) is 14.8. The van der Waals surface area contributed by atoms with Crippen molar-refractivity contribution in [3.05, 3.63) is 23.2 Å². The summed E-state index contributed by atoms with van der Waals surface area (Å²) < 4.78 is 41.2. The molecule has 1 atom stereocenters. The van der Waals surface area contributed by atoms with Crippen molar-refractivity contribution in [2.45, 2.75) is 39.0 Å². The Labute approximate surface area is 108 Å². The van der Waals surface area contributed by atoms with Crippen molar-refractivity contribution >= 4 is 5.91 Å². The van der Waals surface area contributed by atoms with Gasteiger partial charge in [-0.2, -0.15) is 13.2 Å². The first kappa shape index (κ1) is 15.6. The van der Waals surface area contributed by atoms with E-state index in [-0.39, 0.29) is 6.54 Å². The predicted molar refractivity (Wildman–Crippen MR) is 61.4 cm³/mol. The maximum atomic E-state index is 12.0. The summed E-state index contributed by atoms with van der Waals surface area (Å²) >= 11 is 0. The Morgan fingerprint density at radius 1 is 1.42 bits per heavy atom. The molecule has 0 aliphatic rings. The van der Waals surface area contributed by atoms with Crippen LogP contribution in [0.15, 0.2) is 10.5 Å². The molecule has 0 saturated carbocycles. The molecule has 0 spiro atoms. The second kappa shape index (κ2) is 5.24. The standard InChI is InChI=1S/C12H16F3NO3/c1-7-4-9(8(2)19-7)11(3,18)6-16-10(17)5-12(13,14)15/h4,18H,5-6H2,1-3H3,(H,16,17). The van der Waals surface area contributed by atoms with Crippen LogP contribution in [0.25, 0.3) is 0 Å². The first-order chi connectivity index (χ1) is 8.51. The van der Waals surface area contributed by atoms with Gasteiger partial charge in [0.05, 0.1) is 6.54 Å². The van der Waals surface area contributed by atoms with E-state index in [1.807, 2.05) is 0 Å². The van der Waals surface area contributed by atoms with Crippen molar-refractivity contribution < 1.29 is 27.5 Å². The number of amides is 1. The highest BCUT2D eigenvalue weighted by atomic mass is 19.4. The van der Waals surface area contributed by atoms with Crippen LogP contribution in [0.2, 0.25) is 0 Å². The second-order valence-electron chi connectivity index (χ2n) is 4.67. The Kier molecular flexibility index (Phi) is 4.29. The average Bonchev–Trinajstić information content (AvgIpc) is 2.53. The fraction of sp³-hybridized carbons (Fsp3) is 0.583. The van der Waals surface area contributed by atoms with E-state index in [0.717, 1.165) is 0 Å². The van der Waals surface area contributed by atoms with E-state index in [1.165, 1.54) is 6.92 Å². The number of aryl methyl sites for hydroxylation is 2. The van der Waals surface area contributed by atoms with E-state index >= 15 is 0 Å². The van der Waals surface area contributed by atoms with Crippen LogP contribution in [-0.4, -0.2) is 23.7 Å². The Morgan fingerprint density at radius 3 is 2.42 bits per heavy atom. The van der Waals surface area contributed by atoms with E-state index in [9.17, 15) is 23.1 Å². The summed E-state index contributed by atoms with van der Waals surface area (Å²) in [6.07, 6.45) is -6.12. The maximum absolute atomic E-state index is 12.0. The number of carbonyl (C=O) groups is 1. The van der Waals surface area contributed by atoms with Crippen molar-refractivity contribution in [1.82, 2.24) is 5.32 Å². The van der Waals surface area contributed by atoms with Crippen LogP contribution in [0, 0.1) is 13.8 Å². The fourth-order valence-corrected chi connectivity index (χ4v) is 1.78. The third-order valence-electron chi connectivity index (χ3n) is 2.61. The van der Waals surface area contributed by atoms with Crippen molar-refractivity contribution in [1.29, 1.82) is 0 Å². The van der Waals surface area contributed by atoms with E-state index in [0.29, 0.717) is 17.1 Å². The topological polar surface area (TPSA) is 62.5 Å². The number of aliphatic hydroxyl groups is 1. The summed E-state index contributed by atoms with van der Waals surface area (Å²) in [6.45, 7) is 4.41. The molecule has 0 radical (unpaired) electrons. The Morgan fingerprint density at radius 2 is 2.00 bits per heavy atom. The molecule has 7 heteroatoms. The first-order valence-electron chi connectivity index (χ1n) is 5.64. The first-order valence-corrected chi connectivity index (χ1v) is 5.64. The fourth-order valence-electron chi connectivity index (χ4n) is 1.78. The van der Waals surface area contributed by atoms with Crippen molar-refractivity contribution in [2.75, 3.05) is 6.54 Å². The minimum Gasteiger partial charge on any atom is -0.466 e. The normalized spacial score (nSPS) is 15.1. The highest BCUT2D eigenvalue weighted by Gasteiger charge is 2.33. The lowest BCUT2D eigenvalue weighted by molar-refractivity contribution is -0.154. The molecule has 1 rings (SSSR count). The SMILES string of the molecule is Cc1cc(C(C)(O)CNC(=O)CC(F)(F)F)c(C)o1. The zero-order valence-electron chi connectivity index (χ0n) is 10.9. The summed E-state index contributed by atoms with van der Waals surface area (Å²) in [6, 6.07) is 1.59. The van der Waals surface area contributed by atoms with Crippen molar-refractivity contribution in [3.8, 4) is 0 Å². The molecule has 108 valence electrons. The van der Waals surface area contributed by atoms with Gasteiger partial charge in [0.15, 0.2) is 0 Å². The third kappa shape index (κ3) is 4.59. The monoisotopic (exact) mass is 279 g/mol. The Bertz CT molecular complexity index is 463. The molecule has 0 aliphatic heterocycles. The summed E-state index contributed by atoms with van der Waals surface area (Å²) in [5.74, 6) is -0.132. The van der Waals surface area contributed by atoms with Crippen molar-refractivity contribution in [2.24, 2.45) is 0 Å². The predicted octanol–water partition coefficient (Wildman–Crippen LogP) is 2.17. The van der Waals surface area contributed by atoms with Gasteiger partial charge in [0.25, 0.3) is 0 Å². The largest absolute Gasteiger partial charge is 0.466 e. The van der Waals surface area contributed by atoms with Crippen LogP contribution in [0.4, 0.5) is 13.2 Å². The van der Waals surface area contributed by atoms with Crippen LogP contribution in [0.5, 0.6) is 0 Å². The molecule has 1 unspecified atom stereocenters. The quantitative estimate of drug-likeness (QED) is 0.888. The minimum absolute atomic E-state index is 0.318. The van der Waals surface area contributed by atoms with Gasteiger partial charge < -0.3 is 14.8 Å². The number of alkyl halides is 3. The summed E-state index contributed by atoms with van der Waals surface area (Å²) in [5.41, 5.74) is -1.04. The number of nitrogens with one attached hydrogen (secondary N) is 1. The van der Waals surface area contributed by atoms with Crippen LogP contribution in [0.1, 0.15) is 30.4 Å². The number of halogens is 3. The van der Waals surface area contributed by atoms with E-state index in [4.69, 9.17) is 4.42 Å². The lowest BCUT2D eigenvalue weighted by Crippen LogP contribution is -2.40. The average molecular weight is 279 g/mol. The van der Waals surface area contributed by atoms with Gasteiger partial charge in [-0.15, -0.1) is 0 Å². The lowest BCUT2D eigenvalue weighted by atomic mass is 9.96. The third-order valence-corrected chi connectivity index (χ3v) is 2.61. The van der Waals surface area contributed by atoms with Crippen LogP contribution in [0.3, 0.4) is 0 Å². The number of rotatable bonds is 4. The van der Waals surface area contributed by atoms with E-state index in [2.05, 4.69) is 5.32 Å². The molecule has 2 N–H and O–H groups in total. The number of furan rings is 1. The van der Waals surface area contributed by atoms with E-state index < -0.39 is 24.1 Å². The van der Waals surface area contributed by atoms with Crippen LogP contribution >= 0.6 is 0 Å². The van der Waals surface area contributed by atoms with Gasteiger partial charge in [-0.3, -0.25) is 4.79 Å². The van der Waals surface area contributed by atoms with Gasteiger partial charge in [-0.25, -0.2) is 0 Å². The summed E-state index contributed by atoms with van der Waals surface area (Å²) in [5, 5.41) is 12.2. The number of hydrogen-bond acceptors (Lipinski definition) is 3. The lowest BCUT2D eigenvalue weighted by Gasteiger charge is -2.23. The molecule has 0 bridgehead atoms. The van der Waals surface area contributed by atoms with Gasteiger partial charge in [-0.1, -0.05) is 0 Å². The summed E-state index contributed by atoms with van der Waals surface area (Å²) in [4.78, 5) is 11.1. The maximum Gasteiger partial charge on any atom is 0.397 e. The molecule has 1 heterocycles. The molecule has 19 heavy (non-hydrogen) atoms. The van der Waals surface area contributed by atoms with Gasteiger partial charge in [0, 0.05) is 5.56 Å². The molecular weight excluding hydrogens is 263 g/mol. The van der Waals surface area contributed by atoms with Gasteiger partial charge in [-0.05, 0) is 26.8 Å². The number of hydrogen-bond donors (Lipinski definition) is 2. The molecule has 0 saturated heterocycles. The van der Waals surface area contributed by atoms with Gasteiger partial charge >= 0.3 is 6.18 Å². The highest BCUT2D eigenvalue weighted by molar-refractivity contribution is 5.76. The molecule has 4 nitrogen and oxygen atoms in total.